The summed E-state index contributed by atoms with van der Waals surface area (Å²) in [5.41, 5.74) is 3.23. The zero-order valence-electron chi connectivity index (χ0n) is 10.6. The molecule has 0 aromatic carbocycles. The molecule has 0 fully saturated rings. The van der Waals surface area contributed by atoms with E-state index >= 15 is 0 Å². The van der Waals surface area contributed by atoms with Crippen LogP contribution in [0.2, 0.25) is 0 Å². The maximum Gasteiger partial charge on any atom is 0.0876 e. The van der Waals surface area contributed by atoms with Gasteiger partial charge in [-0.1, -0.05) is 12.4 Å². The van der Waals surface area contributed by atoms with Gasteiger partial charge in [0, 0.05) is 18.0 Å². The molecule has 0 bridgehead atoms. The smallest absolute Gasteiger partial charge is 0.0876 e. The summed E-state index contributed by atoms with van der Waals surface area (Å²) in [4.78, 5) is 0. The van der Waals surface area contributed by atoms with Crippen molar-refractivity contribution in [3.63, 3.8) is 0 Å². The van der Waals surface area contributed by atoms with Crippen molar-refractivity contribution >= 4 is 21.9 Å². The Kier molecular flexibility index (Phi) is 6.97. The summed E-state index contributed by atoms with van der Waals surface area (Å²) < 4.78 is 11.5. The van der Waals surface area contributed by atoms with Crippen molar-refractivity contribution in [3.8, 4) is 0 Å². The molecule has 0 aliphatic heterocycles. The minimum absolute atomic E-state index is 0.241. The molecule has 0 radical (unpaired) electrons. The molecule has 0 amide bonds. The number of aryl methyl sites for hydroxylation is 2. The Morgan fingerprint density at radius 1 is 1.56 bits per heavy atom. The second kappa shape index (κ2) is 7.39. The maximum atomic E-state index is 9.50. The molecule has 92 valence electrons. The van der Waals surface area contributed by atoms with Crippen LogP contribution in [0.5, 0.6) is 0 Å². The van der Waals surface area contributed by atoms with Crippen LogP contribution in [0.15, 0.2) is 12.6 Å². The van der Waals surface area contributed by atoms with Gasteiger partial charge in [0.05, 0.1) is 12.9 Å². The highest BCUT2D eigenvalue weighted by Gasteiger charge is 2.03. The van der Waals surface area contributed by atoms with Gasteiger partial charge in [-0.15, -0.1) is 0 Å². The third kappa shape index (κ3) is 4.75. The Hall–Kier alpha value is -0.900. The van der Waals surface area contributed by atoms with Crippen molar-refractivity contribution in [3.05, 3.63) is 24.0 Å². The third-order valence-corrected chi connectivity index (χ3v) is 2.95. The number of allylic oxidation sites excluding steroid dienone is 1. The van der Waals surface area contributed by atoms with Gasteiger partial charge in [0.2, 0.25) is 0 Å². The van der Waals surface area contributed by atoms with Gasteiger partial charge < -0.3 is 0 Å². The minimum Gasteiger partial charge on any atom is -0.268 e. The molecular weight excluding hydrogens is 223 g/mol. The van der Waals surface area contributed by atoms with Crippen molar-refractivity contribution in [2.24, 2.45) is 0 Å². The van der Waals surface area contributed by atoms with E-state index in [1.54, 1.807) is 0 Å². The normalized spacial score (nSPS) is 11.6. The predicted octanol–water partition coefficient (Wildman–Crippen LogP) is 3.14. The first kappa shape index (κ1) is 15.1. The molecule has 1 rings (SSSR count). The number of aromatic nitrogens is 2. The van der Waals surface area contributed by atoms with Gasteiger partial charge in [0.25, 0.3) is 0 Å². The Bertz CT molecular complexity index is 369. The summed E-state index contributed by atoms with van der Waals surface area (Å²) in [6, 6.07) is 2.08. The molecule has 0 aliphatic carbocycles. The van der Waals surface area contributed by atoms with E-state index in [2.05, 4.69) is 36.8 Å². The van der Waals surface area contributed by atoms with Crippen LogP contribution >= 0.6 is 10.5 Å². The molecule has 0 saturated carbocycles. The van der Waals surface area contributed by atoms with E-state index in [0.717, 1.165) is 23.6 Å². The molecule has 1 atom stereocenters. The topological polar surface area (TPSA) is 17.8 Å². The Morgan fingerprint density at radius 3 is 2.50 bits per heavy atom. The average Bonchev–Trinajstić information content (AvgIpc) is 2.60. The third-order valence-electron chi connectivity index (χ3n) is 2.07. The lowest BCUT2D eigenvalue weighted by Crippen LogP contribution is -2.05. The molecule has 1 aromatic heterocycles. The van der Waals surface area contributed by atoms with Crippen LogP contribution in [0.25, 0.3) is 5.57 Å². The van der Waals surface area contributed by atoms with Crippen molar-refractivity contribution in [1.82, 2.24) is 9.78 Å². The summed E-state index contributed by atoms with van der Waals surface area (Å²) in [5, 5.41) is 4.48. The van der Waals surface area contributed by atoms with Gasteiger partial charge in [-0.05, 0) is 31.7 Å². The summed E-state index contributed by atoms with van der Waals surface area (Å²) in [5.74, 6) is 5.09. The largest absolute Gasteiger partial charge is 0.268 e. The van der Waals surface area contributed by atoms with Crippen LogP contribution < -0.4 is 0 Å². The van der Waals surface area contributed by atoms with E-state index < -0.39 is 0 Å². The fourth-order valence-corrected chi connectivity index (χ4v) is 1.67. The molecule has 16 heavy (non-hydrogen) atoms. The lowest BCUT2D eigenvalue weighted by atomic mass is 10.2. The van der Waals surface area contributed by atoms with Gasteiger partial charge in [0.1, 0.15) is 0 Å². The predicted molar refractivity (Wildman–Crippen MR) is 74.2 cm³/mol. The van der Waals surface area contributed by atoms with Crippen molar-refractivity contribution in [1.29, 1.82) is 0 Å². The Balaban J connectivity index is 0.00000106. The van der Waals surface area contributed by atoms with Crippen molar-refractivity contribution < 1.29 is 4.39 Å². The van der Waals surface area contributed by atoms with Gasteiger partial charge in [-0.2, -0.15) is 15.6 Å². The average molecular weight is 244 g/mol. The Labute approximate surface area is 100 Å². The first-order valence-electron chi connectivity index (χ1n) is 5.01. The lowest BCUT2D eigenvalue weighted by Gasteiger charge is -2.03. The molecule has 1 heterocycles. The molecule has 1 aromatic rings. The molecule has 4 heteroatoms. The van der Waals surface area contributed by atoms with E-state index in [0.29, 0.717) is 7.18 Å². The van der Waals surface area contributed by atoms with E-state index in [4.69, 9.17) is 0 Å². The summed E-state index contributed by atoms with van der Waals surface area (Å²) in [6.45, 7) is 8.91. The van der Waals surface area contributed by atoms with E-state index in [-0.39, 0.29) is 10.5 Å². The van der Waals surface area contributed by atoms with Crippen LogP contribution in [0.3, 0.4) is 0 Å². The lowest BCUT2D eigenvalue weighted by molar-refractivity contribution is 0.636. The van der Waals surface area contributed by atoms with Gasteiger partial charge >= 0.3 is 0 Å². The van der Waals surface area contributed by atoms with Crippen LogP contribution in [0.4, 0.5) is 4.39 Å². The fourth-order valence-electron chi connectivity index (χ4n) is 1.19. The SMILES string of the molecule is C=C(C)c1cc(C)n(CCS(=C)C)n1.CF. The highest BCUT2D eigenvalue weighted by molar-refractivity contribution is 8.13. The number of nitrogens with zero attached hydrogens (tertiary/aromatic N) is 2. The van der Waals surface area contributed by atoms with Gasteiger partial charge in [0.15, 0.2) is 0 Å². The second-order valence-corrected chi connectivity index (χ2v) is 5.63. The Morgan fingerprint density at radius 2 is 2.12 bits per heavy atom. The highest BCUT2D eigenvalue weighted by Crippen LogP contribution is 2.12. The minimum atomic E-state index is 0.241. The molecule has 0 N–H and O–H groups in total. The number of hydrogen-bond donors (Lipinski definition) is 0. The van der Waals surface area contributed by atoms with Crippen LogP contribution in [-0.4, -0.2) is 34.8 Å². The molecule has 0 aliphatic rings. The summed E-state index contributed by atoms with van der Waals surface area (Å²) in [6.07, 6.45) is 2.15. The first-order chi connectivity index (χ1) is 7.50. The number of alkyl halides is 1. The van der Waals surface area contributed by atoms with Gasteiger partial charge in [-0.3, -0.25) is 9.07 Å². The second-order valence-electron chi connectivity index (χ2n) is 3.66. The summed E-state index contributed by atoms with van der Waals surface area (Å²) in [7, 11) is 0.741. The molecule has 0 saturated heterocycles. The van der Waals surface area contributed by atoms with Crippen molar-refractivity contribution in [2.45, 2.75) is 20.4 Å². The number of hydrogen-bond acceptors (Lipinski definition) is 1. The van der Waals surface area contributed by atoms with Crippen LogP contribution in [0.1, 0.15) is 18.3 Å². The molecule has 2 nitrogen and oxygen atoms in total. The van der Waals surface area contributed by atoms with Crippen molar-refractivity contribution in [2.75, 3.05) is 19.2 Å². The standard InChI is InChI=1S/C11H18N2S.CH3F/c1-9(2)11-8-10(3)13(12-11)6-7-14(4)5;1-2/h8H,1,4,6-7H2,2-3,5H3;1H3. The quantitative estimate of drug-likeness (QED) is 0.744. The highest BCUT2D eigenvalue weighted by atomic mass is 32.2. The fraction of sp³-hybridized carbons (Fsp3) is 0.500. The van der Waals surface area contributed by atoms with E-state index in [1.165, 1.54) is 5.69 Å². The monoisotopic (exact) mass is 244 g/mol. The number of rotatable bonds is 4. The molecule has 0 spiro atoms. The first-order valence-corrected chi connectivity index (χ1v) is 6.98. The zero-order valence-corrected chi connectivity index (χ0v) is 11.4. The van der Waals surface area contributed by atoms with E-state index in [1.807, 2.05) is 11.6 Å². The maximum absolute atomic E-state index is 9.50. The summed E-state index contributed by atoms with van der Waals surface area (Å²) >= 11 is 0. The zero-order chi connectivity index (χ0) is 12.7. The van der Waals surface area contributed by atoms with Crippen LogP contribution in [0, 0.1) is 6.92 Å². The number of halogens is 1. The van der Waals surface area contributed by atoms with Gasteiger partial charge in [-0.25, -0.2) is 0 Å². The van der Waals surface area contributed by atoms with Crippen LogP contribution in [-0.2, 0) is 6.54 Å². The van der Waals surface area contributed by atoms with E-state index in [9.17, 15) is 4.39 Å². The molecular formula is C12H21FN2S. The molecule has 1 unspecified atom stereocenters.